The summed E-state index contributed by atoms with van der Waals surface area (Å²) in [7, 11) is 0. The van der Waals surface area contributed by atoms with Gasteiger partial charge in [-0.3, -0.25) is 4.79 Å². The first-order valence-corrected chi connectivity index (χ1v) is 4.85. The Labute approximate surface area is 83.7 Å². The van der Waals surface area contributed by atoms with Gasteiger partial charge in [0.1, 0.15) is 6.26 Å². The molecule has 0 saturated heterocycles. The van der Waals surface area contributed by atoms with Crippen molar-refractivity contribution in [1.29, 1.82) is 0 Å². The maximum Gasteiger partial charge on any atom is 0.254 e. The third kappa shape index (κ3) is 3.62. The Hall–Kier alpha value is -1.29. The highest BCUT2D eigenvalue weighted by atomic mass is 16.3. The largest absolute Gasteiger partial charge is 0.472 e. The van der Waals surface area contributed by atoms with Crippen molar-refractivity contribution in [1.82, 2.24) is 10.6 Å². The summed E-state index contributed by atoms with van der Waals surface area (Å²) in [6.07, 6.45) is 3.88. The predicted octanol–water partition coefficient (Wildman–Crippen LogP) is 1.01. The first-order valence-electron chi connectivity index (χ1n) is 4.85. The third-order valence-corrected chi connectivity index (χ3v) is 1.85. The summed E-state index contributed by atoms with van der Waals surface area (Å²) in [6.45, 7) is 4.65. The second kappa shape index (κ2) is 6.21. The maximum absolute atomic E-state index is 11.3. The first kappa shape index (κ1) is 10.8. The Balaban J connectivity index is 2.10. The lowest BCUT2D eigenvalue weighted by atomic mass is 10.3. The number of nitrogens with one attached hydrogen (secondary N) is 2. The molecule has 2 N–H and O–H groups in total. The van der Waals surface area contributed by atoms with E-state index >= 15 is 0 Å². The third-order valence-electron chi connectivity index (χ3n) is 1.85. The molecule has 0 radical (unpaired) electrons. The van der Waals surface area contributed by atoms with E-state index in [0.717, 1.165) is 19.5 Å². The number of carbonyl (C=O) groups is 1. The van der Waals surface area contributed by atoms with Gasteiger partial charge in [0.25, 0.3) is 5.91 Å². The summed E-state index contributed by atoms with van der Waals surface area (Å²) >= 11 is 0. The number of carbonyl (C=O) groups excluding carboxylic acids is 1. The summed E-state index contributed by atoms with van der Waals surface area (Å²) < 4.78 is 4.81. The number of furan rings is 1. The van der Waals surface area contributed by atoms with E-state index in [0.29, 0.717) is 12.1 Å². The average Bonchev–Trinajstić information content (AvgIpc) is 2.70. The van der Waals surface area contributed by atoms with Crippen LogP contribution in [-0.2, 0) is 0 Å². The van der Waals surface area contributed by atoms with Crippen molar-refractivity contribution in [2.24, 2.45) is 0 Å². The lowest BCUT2D eigenvalue weighted by molar-refractivity contribution is 0.0952. The van der Waals surface area contributed by atoms with Crippen molar-refractivity contribution in [3.8, 4) is 0 Å². The number of hydrogen-bond donors (Lipinski definition) is 2. The first-order chi connectivity index (χ1) is 6.84. The minimum absolute atomic E-state index is 0.0738. The van der Waals surface area contributed by atoms with Gasteiger partial charge < -0.3 is 15.1 Å². The SMILES string of the molecule is CCNCCCNC(=O)c1ccoc1. The minimum atomic E-state index is -0.0738. The molecule has 0 aliphatic rings. The van der Waals surface area contributed by atoms with Gasteiger partial charge in [0.2, 0.25) is 0 Å². The lowest BCUT2D eigenvalue weighted by Crippen LogP contribution is -2.26. The Morgan fingerprint density at radius 3 is 3.00 bits per heavy atom. The highest BCUT2D eigenvalue weighted by Gasteiger charge is 2.04. The van der Waals surface area contributed by atoms with Crippen molar-refractivity contribution in [3.05, 3.63) is 24.2 Å². The molecule has 0 bridgehead atoms. The van der Waals surface area contributed by atoms with Gasteiger partial charge in [-0.05, 0) is 25.6 Å². The molecule has 14 heavy (non-hydrogen) atoms. The van der Waals surface area contributed by atoms with Gasteiger partial charge in [-0.2, -0.15) is 0 Å². The van der Waals surface area contributed by atoms with Crippen LogP contribution in [0.1, 0.15) is 23.7 Å². The van der Waals surface area contributed by atoms with Crippen LogP contribution < -0.4 is 10.6 Å². The summed E-state index contributed by atoms with van der Waals surface area (Å²) in [6, 6.07) is 1.65. The fraction of sp³-hybridized carbons (Fsp3) is 0.500. The topological polar surface area (TPSA) is 54.3 Å². The van der Waals surface area contributed by atoms with Crippen LogP contribution in [0.5, 0.6) is 0 Å². The molecule has 0 aromatic carbocycles. The molecule has 0 aliphatic carbocycles. The van der Waals surface area contributed by atoms with E-state index in [1.165, 1.54) is 12.5 Å². The Bertz CT molecular complexity index is 257. The van der Waals surface area contributed by atoms with Crippen molar-refractivity contribution in [2.45, 2.75) is 13.3 Å². The molecule has 78 valence electrons. The van der Waals surface area contributed by atoms with Crippen LogP contribution in [0.15, 0.2) is 23.0 Å². The molecular weight excluding hydrogens is 180 g/mol. The number of amides is 1. The monoisotopic (exact) mass is 196 g/mol. The van der Waals surface area contributed by atoms with Crippen LogP contribution >= 0.6 is 0 Å². The Kier molecular flexibility index (Phi) is 4.78. The van der Waals surface area contributed by atoms with Gasteiger partial charge in [-0.1, -0.05) is 6.92 Å². The molecule has 0 saturated carbocycles. The second-order valence-electron chi connectivity index (χ2n) is 2.98. The molecular formula is C10H16N2O2. The molecule has 1 heterocycles. The van der Waals surface area contributed by atoms with Gasteiger partial charge >= 0.3 is 0 Å². The number of rotatable bonds is 6. The fourth-order valence-electron chi connectivity index (χ4n) is 1.09. The van der Waals surface area contributed by atoms with E-state index in [1.54, 1.807) is 6.07 Å². The average molecular weight is 196 g/mol. The van der Waals surface area contributed by atoms with E-state index in [2.05, 4.69) is 17.6 Å². The maximum atomic E-state index is 11.3. The molecule has 0 spiro atoms. The normalized spacial score (nSPS) is 10.1. The molecule has 0 unspecified atom stereocenters. The summed E-state index contributed by atoms with van der Waals surface area (Å²) in [4.78, 5) is 11.3. The Morgan fingerprint density at radius 1 is 1.50 bits per heavy atom. The van der Waals surface area contributed by atoms with Crippen LogP contribution in [0.4, 0.5) is 0 Å². The molecule has 4 heteroatoms. The zero-order valence-electron chi connectivity index (χ0n) is 8.38. The van der Waals surface area contributed by atoms with Crippen molar-refractivity contribution < 1.29 is 9.21 Å². The van der Waals surface area contributed by atoms with Crippen LogP contribution in [0, 0.1) is 0 Å². The summed E-state index contributed by atoms with van der Waals surface area (Å²) in [5.41, 5.74) is 0.577. The molecule has 0 aliphatic heterocycles. The van der Waals surface area contributed by atoms with Gasteiger partial charge in [-0.25, -0.2) is 0 Å². The molecule has 4 nitrogen and oxygen atoms in total. The van der Waals surface area contributed by atoms with Crippen LogP contribution in [-0.4, -0.2) is 25.5 Å². The summed E-state index contributed by atoms with van der Waals surface area (Å²) in [5.74, 6) is -0.0738. The van der Waals surface area contributed by atoms with Crippen LogP contribution in [0.2, 0.25) is 0 Å². The molecule has 1 aromatic rings. The fourth-order valence-corrected chi connectivity index (χ4v) is 1.09. The molecule has 1 amide bonds. The smallest absolute Gasteiger partial charge is 0.254 e. The van der Waals surface area contributed by atoms with Gasteiger partial charge in [0, 0.05) is 6.54 Å². The standard InChI is InChI=1S/C10H16N2O2/c1-2-11-5-3-6-12-10(13)9-4-7-14-8-9/h4,7-8,11H,2-3,5-6H2,1H3,(H,12,13). The van der Waals surface area contributed by atoms with Gasteiger partial charge in [-0.15, -0.1) is 0 Å². The molecule has 0 fully saturated rings. The zero-order valence-corrected chi connectivity index (χ0v) is 8.38. The van der Waals surface area contributed by atoms with Gasteiger partial charge in [0.05, 0.1) is 11.8 Å². The van der Waals surface area contributed by atoms with Crippen LogP contribution in [0.25, 0.3) is 0 Å². The second-order valence-corrected chi connectivity index (χ2v) is 2.98. The molecule has 1 rings (SSSR count). The molecule has 0 atom stereocenters. The quantitative estimate of drug-likeness (QED) is 0.668. The van der Waals surface area contributed by atoms with E-state index in [1.807, 2.05) is 0 Å². The zero-order chi connectivity index (χ0) is 10.2. The minimum Gasteiger partial charge on any atom is -0.472 e. The molecule has 1 aromatic heterocycles. The van der Waals surface area contributed by atoms with E-state index in [-0.39, 0.29) is 5.91 Å². The lowest BCUT2D eigenvalue weighted by Gasteiger charge is -2.03. The van der Waals surface area contributed by atoms with Crippen LogP contribution in [0.3, 0.4) is 0 Å². The van der Waals surface area contributed by atoms with Crippen molar-refractivity contribution >= 4 is 5.91 Å². The number of hydrogen-bond acceptors (Lipinski definition) is 3. The van der Waals surface area contributed by atoms with Crippen molar-refractivity contribution in [2.75, 3.05) is 19.6 Å². The van der Waals surface area contributed by atoms with Gasteiger partial charge in [0.15, 0.2) is 0 Å². The predicted molar refractivity (Wildman–Crippen MR) is 54.2 cm³/mol. The van der Waals surface area contributed by atoms with E-state index in [9.17, 15) is 4.79 Å². The highest BCUT2D eigenvalue weighted by Crippen LogP contribution is 1.98. The summed E-state index contributed by atoms with van der Waals surface area (Å²) in [5, 5.41) is 5.99. The van der Waals surface area contributed by atoms with E-state index in [4.69, 9.17) is 4.42 Å². The Morgan fingerprint density at radius 2 is 2.36 bits per heavy atom. The highest BCUT2D eigenvalue weighted by molar-refractivity contribution is 5.93. The van der Waals surface area contributed by atoms with E-state index < -0.39 is 0 Å². The van der Waals surface area contributed by atoms with Crippen molar-refractivity contribution in [3.63, 3.8) is 0 Å².